The molecule has 0 atom stereocenters. The molecule has 0 saturated heterocycles. The van der Waals surface area contributed by atoms with Crippen LogP contribution in [0.2, 0.25) is 0 Å². The van der Waals surface area contributed by atoms with E-state index in [9.17, 15) is 0 Å². The number of halogens is 2. The van der Waals surface area contributed by atoms with Gasteiger partial charge in [-0.2, -0.15) is 0 Å². The standard InChI is InChI=1S/C10H7Br2NO2/c11-6-1-2-8(12)7(3-6)10-9(4-14)13-5-15-10/h1-3,5,14H,4H2. The van der Waals surface area contributed by atoms with Gasteiger partial charge in [-0.05, 0) is 18.2 Å². The summed E-state index contributed by atoms with van der Waals surface area (Å²) in [6.07, 6.45) is 1.33. The van der Waals surface area contributed by atoms with Crippen molar-refractivity contribution in [2.24, 2.45) is 0 Å². The first-order chi connectivity index (χ1) is 7.22. The number of hydrogen-bond donors (Lipinski definition) is 1. The monoisotopic (exact) mass is 331 g/mol. The molecule has 78 valence electrons. The van der Waals surface area contributed by atoms with Crippen LogP contribution in [-0.2, 0) is 6.61 Å². The zero-order chi connectivity index (χ0) is 10.8. The highest BCUT2D eigenvalue weighted by molar-refractivity contribution is 9.11. The van der Waals surface area contributed by atoms with E-state index in [1.54, 1.807) is 0 Å². The molecule has 0 bridgehead atoms. The molecule has 1 aromatic carbocycles. The second-order valence-corrected chi connectivity index (χ2v) is 4.68. The molecule has 1 aromatic heterocycles. The summed E-state index contributed by atoms with van der Waals surface area (Å²) in [4.78, 5) is 3.93. The highest BCUT2D eigenvalue weighted by atomic mass is 79.9. The van der Waals surface area contributed by atoms with E-state index in [1.807, 2.05) is 18.2 Å². The highest BCUT2D eigenvalue weighted by Crippen LogP contribution is 2.32. The van der Waals surface area contributed by atoms with E-state index in [2.05, 4.69) is 36.8 Å². The van der Waals surface area contributed by atoms with Gasteiger partial charge >= 0.3 is 0 Å². The third kappa shape index (κ3) is 2.14. The molecule has 0 fully saturated rings. The van der Waals surface area contributed by atoms with Gasteiger partial charge in [0.1, 0.15) is 5.69 Å². The van der Waals surface area contributed by atoms with Crippen LogP contribution in [0.5, 0.6) is 0 Å². The Bertz CT molecular complexity index is 482. The van der Waals surface area contributed by atoms with Crippen LogP contribution < -0.4 is 0 Å². The molecule has 3 nitrogen and oxygen atoms in total. The van der Waals surface area contributed by atoms with Gasteiger partial charge in [0.25, 0.3) is 0 Å². The molecule has 0 aliphatic rings. The molecule has 2 rings (SSSR count). The molecular weight excluding hydrogens is 326 g/mol. The maximum atomic E-state index is 9.08. The molecule has 0 aliphatic carbocycles. The first kappa shape index (κ1) is 10.9. The first-order valence-corrected chi connectivity index (χ1v) is 5.79. The molecule has 1 heterocycles. The molecule has 15 heavy (non-hydrogen) atoms. The Balaban J connectivity index is 2.58. The van der Waals surface area contributed by atoms with Crippen molar-refractivity contribution in [1.82, 2.24) is 4.98 Å². The third-order valence-corrected chi connectivity index (χ3v) is 3.15. The SMILES string of the molecule is OCc1ncoc1-c1cc(Br)ccc1Br. The van der Waals surface area contributed by atoms with Crippen molar-refractivity contribution < 1.29 is 9.52 Å². The Labute approximate surface area is 103 Å². The summed E-state index contributed by atoms with van der Waals surface area (Å²) in [6.45, 7) is -0.134. The molecule has 0 radical (unpaired) electrons. The lowest BCUT2D eigenvalue weighted by atomic mass is 10.1. The van der Waals surface area contributed by atoms with Crippen LogP contribution in [0.1, 0.15) is 5.69 Å². The lowest BCUT2D eigenvalue weighted by Gasteiger charge is -2.02. The van der Waals surface area contributed by atoms with Crippen molar-refractivity contribution in [3.63, 3.8) is 0 Å². The van der Waals surface area contributed by atoms with E-state index in [4.69, 9.17) is 9.52 Å². The first-order valence-electron chi connectivity index (χ1n) is 4.21. The van der Waals surface area contributed by atoms with Crippen molar-refractivity contribution >= 4 is 31.9 Å². The molecular formula is C10H7Br2NO2. The Morgan fingerprint density at radius 1 is 1.33 bits per heavy atom. The fourth-order valence-corrected chi connectivity index (χ4v) is 2.06. The molecule has 2 aromatic rings. The number of aromatic nitrogens is 1. The van der Waals surface area contributed by atoms with Crippen LogP contribution in [0, 0.1) is 0 Å². The fraction of sp³-hybridized carbons (Fsp3) is 0.100. The van der Waals surface area contributed by atoms with Crippen LogP contribution in [0.15, 0.2) is 38.0 Å². The van der Waals surface area contributed by atoms with Crippen molar-refractivity contribution in [3.8, 4) is 11.3 Å². The van der Waals surface area contributed by atoms with Gasteiger partial charge in [0.15, 0.2) is 12.2 Å². The second-order valence-electron chi connectivity index (χ2n) is 2.91. The normalized spacial score (nSPS) is 10.6. The number of benzene rings is 1. The summed E-state index contributed by atoms with van der Waals surface area (Å²) >= 11 is 6.81. The highest BCUT2D eigenvalue weighted by Gasteiger charge is 2.13. The van der Waals surface area contributed by atoms with Gasteiger partial charge in [-0.25, -0.2) is 4.98 Å². The summed E-state index contributed by atoms with van der Waals surface area (Å²) < 4.78 is 7.10. The number of rotatable bonds is 2. The second kappa shape index (κ2) is 4.47. The average Bonchev–Trinajstić information content (AvgIpc) is 2.69. The van der Waals surface area contributed by atoms with Gasteiger partial charge in [0, 0.05) is 14.5 Å². The summed E-state index contributed by atoms with van der Waals surface area (Å²) in [5.74, 6) is 0.589. The molecule has 0 unspecified atom stereocenters. The number of oxazole rings is 1. The fourth-order valence-electron chi connectivity index (χ4n) is 1.27. The van der Waals surface area contributed by atoms with Crippen LogP contribution in [0.25, 0.3) is 11.3 Å². The molecule has 5 heteroatoms. The van der Waals surface area contributed by atoms with Gasteiger partial charge in [0.2, 0.25) is 0 Å². The predicted octanol–water partition coefficient (Wildman–Crippen LogP) is 3.36. The van der Waals surface area contributed by atoms with Crippen LogP contribution in [0.3, 0.4) is 0 Å². The predicted molar refractivity (Wildman–Crippen MR) is 63.3 cm³/mol. The summed E-state index contributed by atoms with van der Waals surface area (Å²) in [6, 6.07) is 5.73. The van der Waals surface area contributed by atoms with E-state index >= 15 is 0 Å². The molecule has 0 aliphatic heterocycles. The van der Waals surface area contributed by atoms with Crippen molar-refractivity contribution in [2.45, 2.75) is 6.61 Å². The van der Waals surface area contributed by atoms with Gasteiger partial charge in [-0.15, -0.1) is 0 Å². The third-order valence-electron chi connectivity index (χ3n) is 1.96. The molecule has 0 amide bonds. The summed E-state index contributed by atoms with van der Waals surface area (Å²) in [5.41, 5.74) is 1.40. The summed E-state index contributed by atoms with van der Waals surface area (Å²) in [5, 5.41) is 9.08. The van der Waals surface area contributed by atoms with Crippen molar-refractivity contribution in [1.29, 1.82) is 0 Å². The maximum absolute atomic E-state index is 9.08. The zero-order valence-electron chi connectivity index (χ0n) is 7.58. The Kier molecular flexibility index (Phi) is 3.23. The smallest absolute Gasteiger partial charge is 0.181 e. The van der Waals surface area contributed by atoms with Gasteiger partial charge < -0.3 is 9.52 Å². The number of aliphatic hydroxyl groups is 1. The van der Waals surface area contributed by atoms with Gasteiger partial charge in [-0.3, -0.25) is 0 Å². The molecule has 0 spiro atoms. The van der Waals surface area contributed by atoms with E-state index in [1.165, 1.54) is 6.39 Å². The quantitative estimate of drug-likeness (QED) is 0.917. The van der Waals surface area contributed by atoms with Crippen LogP contribution in [-0.4, -0.2) is 10.1 Å². The number of aliphatic hydroxyl groups excluding tert-OH is 1. The molecule has 0 saturated carbocycles. The van der Waals surface area contributed by atoms with Crippen LogP contribution >= 0.6 is 31.9 Å². The largest absolute Gasteiger partial charge is 0.443 e. The Morgan fingerprint density at radius 2 is 2.13 bits per heavy atom. The topological polar surface area (TPSA) is 46.3 Å². The van der Waals surface area contributed by atoms with Crippen molar-refractivity contribution in [2.75, 3.05) is 0 Å². The minimum absolute atomic E-state index is 0.134. The lowest BCUT2D eigenvalue weighted by Crippen LogP contribution is -1.87. The van der Waals surface area contributed by atoms with Crippen molar-refractivity contribution in [3.05, 3.63) is 39.2 Å². The van der Waals surface area contributed by atoms with E-state index in [-0.39, 0.29) is 6.61 Å². The Morgan fingerprint density at radius 3 is 2.87 bits per heavy atom. The zero-order valence-corrected chi connectivity index (χ0v) is 10.7. The summed E-state index contributed by atoms with van der Waals surface area (Å²) in [7, 11) is 0. The molecule has 1 N–H and O–H groups in total. The number of nitrogens with zero attached hydrogens (tertiary/aromatic N) is 1. The lowest BCUT2D eigenvalue weighted by molar-refractivity contribution is 0.277. The van der Waals surface area contributed by atoms with E-state index in [0.717, 1.165) is 14.5 Å². The van der Waals surface area contributed by atoms with E-state index in [0.29, 0.717) is 11.5 Å². The van der Waals surface area contributed by atoms with Crippen LogP contribution in [0.4, 0.5) is 0 Å². The number of hydrogen-bond acceptors (Lipinski definition) is 3. The van der Waals surface area contributed by atoms with Gasteiger partial charge in [0.05, 0.1) is 6.61 Å². The Hall–Kier alpha value is -0.650. The average molecular weight is 333 g/mol. The van der Waals surface area contributed by atoms with E-state index < -0.39 is 0 Å². The maximum Gasteiger partial charge on any atom is 0.181 e. The minimum atomic E-state index is -0.134. The minimum Gasteiger partial charge on any atom is -0.443 e. The van der Waals surface area contributed by atoms with Gasteiger partial charge in [-0.1, -0.05) is 31.9 Å².